The first-order valence-corrected chi connectivity index (χ1v) is 4.92. The summed E-state index contributed by atoms with van der Waals surface area (Å²) in [6, 6.07) is 0. The summed E-state index contributed by atoms with van der Waals surface area (Å²) < 4.78 is 6.38. The number of rotatable bonds is 0. The Hall–Kier alpha value is -0.630. The zero-order valence-corrected chi connectivity index (χ0v) is 8.95. The van der Waals surface area contributed by atoms with E-state index >= 15 is 0 Å². The van der Waals surface area contributed by atoms with Crippen LogP contribution in [0.2, 0.25) is 0 Å². The fourth-order valence-electron chi connectivity index (χ4n) is 1.41. The molecule has 2 rings (SSSR count). The number of anilines is 1. The number of nitrogen functional groups attached to an aromatic ring is 1. The molecule has 13 heavy (non-hydrogen) atoms. The highest BCUT2D eigenvalue weighted by atomic mass is 127. The third-order valence-electron chi connectivity index (χ3n) is 2.02. The van der Waals surface area contributed by atoms with Gasteiger partial charge in [0.05, 0.1) is 18.9 Å². The summed E-state index contributed by atoms with van der Waals surface area (Å²) in [5.74, 6) is 0.448. The molecule has 5 nitrogen and oxygen atoms in total. The number of carbonyl (C=O) groups is 1. The average molecular weight is 293 g/mol. The number of fused-ring (bicyclic) bond motifs is 1. The van der Waals surface area contributed by atoms with Gasteiger partial charge in [-0.3, -0.25) is 4.79 Å². The Morgan fingerprint density at radius 1 is 1.69 bits per heavy atom. The summed E-state index contributed by atoms with van der Waals surface area (Å²) in [5, 5.41) is 3.95. The van der Waals surface area contributed by atoms with Gasteiger partial charge in [0.1, 0.15) is 5.82 Å². The van der Waals surface area contributed by atoms with Crippen LogP contribution in [0.1, 0.15) is 11.3 Å². The number of carbonyl (C=O) groups excluding carboxylic acids is 1. The molecule has 1 aromatic heterocycles. The molecule has 0 spiro atoms. The van der Waals surface area contributed by atoms with Gasteiger partial charge in [-0.05, 0) is 0 Å². The van der Waals surface area contributed by atoms with E-state index in [0.717, 1.165) is 17.7 Å². The zero-order valence-electron chi connectivity index (χ0n) is 6.79. The van der Waals surface area contributed by atoms with Crippen LogP contribution in [0.4, 0.5) is 10.6 Å². The van der Waals surface area contributed by atoms with Crippen LogP contribution >= 0.6 is 22.6 Å². The lowest BCUT2D eigenvalue weighted by Gasteiger charge is -2.12. The first-order valence-electron chi connectivity index (χ1n) is 3.84. The number of aromatic nitrogens is 2. The van der Waals surface area contributed by atoms with Gasteiger partial charge < -0.3 is 10.5 Å². The van der Waals surface area contributed by atoms with Gasteiger partial charge in [0.15, 0.2) is 0 Å². The van der Waals surface area contributed by atoms with Crippen LogP contribution in [0.25, 0.3) is 0 Å². The molecule has 0 aliphatic carbocycles. The van der Waals surface area contributed by atoms with Gasteiger partial charge in [0.25, 0.3) is 0 Å². The van der Waals surface area contributed by atoms with Gasteiger partial charge in [-0.1, -0.05) is 0 Å². The molecular weight excluding hydrogens is 285 g/mol. The van der Waals surface area contributed by atoms with E-state index in [1.165, 1.54) is 4.68 Å². The number of nitrogens with zero attached hydrogens (tertiary/aromatic N) is 2. The predicted octanol–water partition coefficient (Wildman–Crippen LogP) is 0.941. The Bertz CT molecular complexity index is 361. The zero-order chi connectivity index (χ0) is 9.42. The van der Waals surface area contributed by atoms with Gasteiger partial charge in [-0.2, -0.15) is 4.68 Å². The van der Waals surface area contributed by atoms with Crippen LogP contribution in [0.3, 0.4) is 0 Å². The Morgan fingerprint density at radius 3 is 3.15 bits per heavy atom. The Morgan fingerprint density at radius 2 is 2.46 bits per heavy atom. The second-order valence-electron chi connectivity index (χ2n) is 2.78. The van der Waals surface area contributed by atoms with Crippen molar-refractivity contribution in [2.45, 2.75) is 13.0 Å². The molecule has 1 aliphatic rings. The van der Waals surface area contributed by atoms with E-state index in [4.69, 9.17) is 10.5 Å². The molecule has 0 aromatic carbocycles. The van der Waals surface area contributed by atoms with Crippen LogP contribution in [0.15, 0.2) is 0 Å². The molecule has 0 amide bonds. The van der Waals surface area contributed by atoms with Crippen LogP contribution in [0.5, 0.6) is 0 Å². The summed E-state index contributed by atoms with van der Waals surface area (Å²) in [7, 11) is 0. The maximum Gasteiger partial charge on any atom is 0.307 e. The third-order valence-corrected chi connectivity index (χ3v) is 2.48. The molecule has 6 heteroatoms. The fraction of sp³-hybridized carbons (Fsp3) is 0.429. The third kappa shape index (κ3) is 1.44. The monoisotopic (exact) mass is 293 g/mol. The standard InChI is InChI=1S/C7H8IN3O2/c8-7(12)11-5-3-13-2-1-4(5)6(9)10-11/h1-3H2,(H2,9,10). The molecule has 1 aromatic rings. The normalized spacial score (nSPS) is 15.5. The van der Waals surface area contributed by atoms with Crippen molar-refractivity contribution in [3.63, 3.8) is 0 Å². The van der Waals surface area contributed by atoms with Crippen LogP contribution in [-0.2, 0) is 17.8 Å². The van der Waals surface area contributed by atoms with E-state index < -0.39 is 0 Å². The van der Waals surface area contributed by atoms with Crippen LogP contribution < -0.4 is 5.73 Å². The van der Waals surface area contributed by atoms with Gasteiger partial charge in [-0.15, -0.1) is 5.10 Å². The number of hydrogen-bond acceptors (Lipinski definition) is 4. The van der Waals surface area contributed by atoms with Gasteiger partial charge >= 0.3 is 3.91 Å². The molecule has 0 fully saturated rings. The summed E-state index contributed by atoms with van der Waals surface area (Å²) in [6.07, 6.45) is 0.741. The molecule has 0 saturated heterocycles. The predicted molar refractivity (Wildman–Crippen MR) is 54.8 cm³/mol. The van der Waals surface area contributed by atoms with Crippen molar-refractivity contribution in [3.8, 4) is 0 Å². The van der Waals surface area contributed by atoms with E-state index in [9.17, 15) is 4.79 Å². The lowest BCUT2D eigenvalue weighted by atomic mass is 10.1. The van der Waals surface area contributed by atoms with Crippen molar-refractivity contribution in [1.82, 2.24) is 9.78 Å². The first kappa shape index (κ1) is 8.95. The molecular formula is C7H8IN3O2. The maximum absolute atomic E-state index is 11.1. The average Bonchev–Trinajstić information content (AvgIpc) is 2.45. The summed E-state index contributed by atoms with van der Waals surface area (Å²) >= 11 is 1.68. The number of hydrogen-bond donors (Lipinski definition) is 1. The minimum Gasteiger partial charge on any atom is -0.382 e. The van der Waals surface area contributed by atoms with E-state index in [-0.39, 0.29) is 3.91 Å². The number of nitrogens with two attached hydrogens (primary N) is 1. The molecule has 0 atom stereocenters. The SMILES string of the molecule is Nc1nn(C(=O)I)c2c1CCOC2. The van der Waals surface area contributed by atoms with Crippen molar-refractivity contribution < 1.29 is 9.53 Å². The lowest BCUT2D eigenvalue weighted by Crippen LogP contribution is -2.15. The highest BCUT2D eigenvalue weighted by Gasteiger charge is 2.21. The highest BCUT2D eigenvalue weighted by Crippen LogP contribution is 2.22. The molecule has 0 bridgehead atoms. The second-order valence-corrected chi connectivity index (χ2v) is 3.70. The van der Waals surface area contributed by atoms with Crippen molar-refractivity contribution >= 4 is 32.3 Å². The molecule has 70 valence electrons. The minimum absolute atomic E-state index is 0.156. The van der Waals surface area contributed by atoms with Crippen LogP contribution in [0, 0.1) is 0 Å². The Labute approximate surface area is 88.4 Å². The molecule has 0 saturated carbocycles. The van der Waals surface area contributed by atoms with E-state index in [2.05, 4.69) is 5.10 Å². The van der Waals surface area contributed by atoms with Gasteiger partial charge in [-0.25, -0.2) is 0 Å². The van der Waals surface area contributed by atoms with Crippen molar-refractivity contribution in [1.29, 1.82) is 0 Å². The topological polar surface area (TPSA) is 70.1 Å². The minimum atomic E-state index is -0.156. The summed E-state index contributed by atoms with van der Waals surface area (Å²) in [6.45, 7) is 1.08. The molecule has 0 unspecified atom stereocenters. The molecule has 1 aliphatic heterocycles. The largest absolute Gasteiger partial charge is 0.382 e. The fourth-order valence-corrected chi connectivity index (χ4v) is 1.81. The number of halogens is 1. The summed E-state index contributed by atoms with van der Waals surface area (Å²) in [4.78, 5) is 11.1. The molecule has 0 radical (unpaired) electrons. The quantitative estimate of drug-likeness (QED) is 0.571. The smallest absolute Gasteiger partial charge is 0.307 e. The Balaban J connectivity index is 2.53. The highest BCUT2D eigenvalue weighted by molar-refractivity contribution is 14.1. The van der Waals surface area contributed by atoms with E-state index in [1.54, 1.807) is 22.6 Å². The van der Waals surface area contributed by atoms with Crippen molar-refractivity contribution in [3.05, 3.63) is 11.3 Å². The second kappa shape index (κ2) is 3.26. The van der Waals surface area contributed by atoms with Crippen molar-refractivity contribution in [2.24, 2.45) is 0 Å². The molecule has 2 heterocycles. The maximum atomic E-state index is 11.1. The van der Waals surface area contributed by atoms with E-state index in [0.29, 0.717) is 19.0 Å². The lowest BCUT2D eigenvalue weighted by molar-refractivity contribution is 0.106. The summed E-state index contributed by atoms with van der Waals surface area (Å²) in [5.41, 5.74) is 7.41. The van der Waals surface area contributed by atoms with Crippen LogP contribution in [-0.4, -0.2) is 20.3 Å². The van der Waals surface area contributed by atoms with E-state index in [1.807, 2.05) is 0 Å². The van der Waals surface area contributed by atoms with Crippen molar-refractivity contribution in [2.75, 3.05) is 12.3 Å². The Kier molecular flexibility index (Phi) is 2.24. The van der Waals surface area contributed by atoms with Gasteiger partial charge in [0, 0.05) is 34.6 Å². The molecule has 2 N–H and O–H groups in total. The number of ether oxygens (including phenoxy) is 1. The first-order chi connectivity index (χ1) is 6.20. The van der Waals surface area contributed by atoms with Gasteiger partial charge in [0.2, 0.25) is 0 Å².